The zero-order valence-electron chi connectivity index (χ0n) is 12.4. The number of hydrogen-bond donors (Lipinski definition) is 1. The number of nitrogens with zero attached hydrogens (tertiary/aromatic N) is 1. The van der Waals surface area contributed by atoms with Crippen LogP contribution in [0.1, 0.15) is 38.1 Å². The quantitative estimate of drug-likeness (QED) is 0.520. The number of nitro groups is 1. The Bertz CT molecular complexity index is 545. The largest absolute Gasteiger partial charge is 0.449 e. The number of nitro benzene ring substituents is 1. The van der Waals surface area contributed by atoms with Crippen LogP contribution in [0.15, 0.2) is 24.3 Å². The Morgan fingerprint density at radius 2 is 1.76 bits per heavy atom. The number of carbonyl (C=O) groups excluding carboxylic acids is 2. The van der Waals surface area contributed by atoms with E-state index in [9.17, 15) is 19.7 Å². The van der Waals surface area contributed by atoms with Crippen LogP contribution >= 0.6 is 0 Å². The predicted octanol–water partition coefficient (Wildman–Crippen LogP) is 2.05. The number of non-ortho nitro benzene ring substituents is 1. The molecule has 21 heavy (non-hydrogen) atoms. The molecule has 0 aliphatic heterocycles. The molecule has 1 unspecified atom stereocenters. The number of nitrogens with one attached hydrogen (secondary N) is 1. The molecule has 0 aliphatic rings. The molecule has 0 fully saturated rings. The van der Waals surface area contributed by atoms with Crippen molar-refractivity contribution in [2.75, 3.05) is 0 Å². The molecule has 7 heteroatoms. The molecule has 0 spiro atoms. The number of ether oxygens (including phenoxy) is 1. The van der Waals surface area contributed by atoms with Crippen molar-refractivity contribution in [1.29, 1.82) is 0 Å². The van der Waals surface area contributed by atoms with Crippen molar-refractivity contribution in [3.8, 4) is 0 Å². The van der Waals surface area contributed by atoms with Crippen molar-refractivity contribution < 1.29 is 19.2 Å². The van der Waals surface area contributed by atoms with Gasteiger partial charge in [0.2, 0.25) is 0 Å². The molecule has 1 aromatic carbocycles. The third kappa shape index (κ3) is 5.21. The second kappa shape index (κ2) is 6.34. The first-order valence-electron chi connectivity index (χ1n) is 6.37. The van der Waals surface area contributed by atoms with Crippen LogP contribution in [-0.2, 0) is 9.53 Å². The van der Waals surface area contributed by atoms with Crippen LogP contribution in [0, 0.1) is 10.1 Å². The van der Waals surface area contributed by atoms with E-state index < -0.39 is 28.4 Å². The topological polar surface area (TPSA) is 98.5 Å². The molecular weight excluding hydrogens is 276 g/mol. The van der Waals surface area contributed by atoms with E-state index in [1.165, 1.54) is 31.2 Å². The summed E-state index contributed by atoms with van der Waals surface area (Å²) >= 11 is 0. The van der Waals surface area contributed by atoms with Gasteiger partial charge in [0.25, 0.3) is 11.6 Å². The molecule has 0 aromatic heterocycles. The summed E-state index contributed by atoms with van der Waals surface area (Å²) in [6.07, 6.45) is -0.952. The lowest BCUT2D eigenvalue weighted by Crippen LogP contribution is -2.46. The predicted molar refractivity (Wildman–Crippen MR) is 75.9 cm³/mol. The second-order valence-electron chi connectivity index (χ2n) is 5.59. The minimum Gasteiger partial charge on any atom is -0.449 e. The number of benzene rings is 1. The van der Waals surface area contributed by atoms with Gasteiger partial charge in [0.05, 0.1) is 10.5 Å². The summed E-state index contributed by atoms with van der Waals surface area (Å²) in [7, 11) is 0. The summed E-state index contributed by atoms with van der Waals surface area (Å²) in [4.78, 5) is 33.6. The highest BCUT2D eigenvalue weighted by Gasteiger charge is 2.23. The fourth-order valence-corrected chi connectivity index (χ4v) is 1.47. The molecular formula is C14H18N2O5. The summed E-state index contributed by atoms with van der Waals surface area (Å²) in [6.45, 7) is 6.91. The van der Waals surface area contributed by atoms with Crippen molar-refractivity contribution in [3.05, 3.63) is 39.9 Å². The van der Waals surface area contributed by atoms with Crippen molar-refractivity contribution in [2.24, 2.45) is 0 Å². The lowest BCUT2D eigenvalue weighted by atomic mass is 10.1. The van der Waals surface area contributed by atoms with Gasteiger partial charge in [0.15, 0.2) is 6.10 Å². The number of hydrogen-bond acceptors (Lipinski definition) is 5. The number of esters is 1. The summed E-state index contributed by atoms with van der Waals surface area (Å²) in [6, 6.07) is 4.98. The van der Waals surface area contributed by atoms with Crippen molar-refractivity contribution in [3.63, 3.8) is 0 Å². The van der Waals surface area contributed by atoms with E-state index in [1.54, 1.807) is 0 Å². The maximum absolute atomic E-state index is 11.8. The summed E-state index contributed by atoms with van der Waals surface area (Å²) < 4.78 is 5.02. The molecule has 0 saturated heterocycles. The van der Waals surface area contributed by atoms with Crippen molar-refractivity contribution in [1.82, 2.24) is 5.32 Å². The molecule has 1 N–H and O–H groups in total. The Balaban J connectivity index is 2.68. The summed E-state index contributed by atoms with van der Waals surface area (Å²) in [5.41, 5.74) is -0.397. The SMILES string of the molecule is CC(OC(=O)c1ccc([N+](=O)[O-])cc1)C(=O)NC(C)(C)C. The summed E-state index contributed by atoms with van der Waals surface area (Å²) in [5, 5.41) is 13.2. The smallest absolute Gasteiger partial charge is 0.338 e. The first-order chi connectivity index (χ1) is 9.60. The van der Waals surface area contributed by atoms with Gasteiger partial charge in [-0.1, -0.05) is 0 Å². The molecule has 1 atom stereocenters. The summed E-state index contributed by atoms with van der Waals surface area (Å²) in [5.74, 6) is -1.11. The van der Waals surface area contributed by atoms with Crippen LogP contribution in [-0.4, -0.2) is 28.4 Å². The minimum absolute atomic E-state index is 0.120. The van der Waals surface area contributed by atoms with Crippen LogP contribution in [0.5, 0.6) is 0 Å². The van der Waals surface area contributed by atoms with E-state index in [0.29, 0.717) is 0 Å². The minimum atomic E-state index is -0.952. The molecule has 0 saturated carbocycles. The van der Waals surface area contributed by atoms with Crippen LogP contribution in [0.3, 0.4) is 0 Å². The average molecular weight is 294 g/mol. The van der Waals surface area contributed by atoms with E-state index in [0.717, 1.165) is 0 Å². The highest BCUT2D eigenvalue weighted by atomic mass is 16.6. The Morgan fingerprint density at radius 1 is 1.24 bits per heavy atom. The lowest BCUT2D eigenvalue weighted by Gasteiger charge is -2.23. The number of amides is 1. The highest BCUT2D eigenvalue weighted by Crippen LogP contribution is 2.13. The molecule has 0 heterocycles. The monoisotopic (exact) mass is 294 g/mol. The molecule has 0 bridgehead atoms. The average Bonchev–Trinajstić information content (AvgIpc) is 2.36. The van der Waals surface area contributed by atoms with Crippen LogP contribution in [0.25, 0.3) is 0 Å². The molecule has 1 amide bonds. The molecule has 114 valence electrons. The van der Waals surface area contributed by atoms with E-state index in [-0.39, 0.29) is 11.3 Å². The zero-order valence-corrected chi connectivity index (χ0v) is 12.4. The fourth-order valence-electron chi connectivity index (χ4n) is 1.47. The molecule has 7 nitrogen and oxygen atoms in total. The van der Waals surface area contributed by atoms with Gasteiger partial charge in [-0.05, 0) is 39.8 Å². The van der Waals surface area contributed by atoms with Crippen LogP contribution < -0.4 is 5.32 Å². The van der Waals surface area contributed by atoms with E-state index >= 15 is 0 Å². The fraction of sp³-hybridized carbons (Fsp3) is 0.429. The maximum atomic E-state index is 11.8. The first kappa shape index (κ1) is 16.6. The van der Waals surface area contributed by atoms with Gasteiger partial charge >= 0.3 is 5.97 Å². The Kier molecular flexibility index (Phi) is 5.02. The number of carbonyl (C=O) groups is 2. The van der Waals surface area contributed by atoms with Crippen LogP contribution in [0.4, 0.5) is 5.69 Å². The zero-order chi connectivity index (χ0) is 16.2. The van der Waals surface area contributed by atoms with Gasteiger partial charge in [0, 0.05) is 17.7 Å². The molecule has 0 aliphatic carbocycles. The van der Waals surface area contributed by atoms with Gasteiger partial charge < -0.3 is 10.1 Å². The second-order valence-corrected chi connectivity index (χ2v) is 5.59. The van der Waals surface area contributed by atoms with Crippen molar-refractivity contribution in [2.45, 2.75) is 39.3 Å². The Labute approximate surface area is 122 Å². The van der Waals surface area contributed by atoms with Crippen molar-refractivity contribution >= 4 is 17.6 Å². The molecule has 0 radical (unpaired) electrons. The van der Waals surface area contributed by atoms with E-state index in [4.69, 9.17) is 4.74 Å². The van der Waals surface area contributed by atoms with Crippen LogP contribution in [0.2, 0.25) is 0 Å². The van der Waals surface area contributed by atoms with Gasteiger partial charge in [-0.3, -0.25) is 14.9 Å². The first-order valence-corrected chi connectivity index (χ1v) is 6.37. The van der Waals surface area contributed by atoms with Gasteiger partial charge in [-0.25, -0.2) is 4.79 Å². The van der Waals surface area contributed by atoms with E-state index in [2.05, 4.69) is 5.32 Å². The van der Waals surface area contributed by atoms with Gasteiger partial charge in [-0.15, -0.1) is 0 Å². The molecule has 1 rings (SSSR count). The number of rotatable bonds is 4. The standard InChI is InChI=1S/C14H18N2O5/c1-9(12(17)15-14(2,3)4)21-13(18)10-5-7-11(8-6-10)16(19)20/h5-9H,1-4H3,(H,15,17). The third-order valence-corrected chi connectivity index (χ3v) is 2.47. The highest BCUT2D eigenvalue weighted by molar-refractivity contribution is 5.92. The lowest BCUT2D eigenvalue weighted by molar-refractivity contribution is -0.384. The van der Waals surface area contributed by atoms with Gasteiger partial charge in [-0.2, -0.15) is 0 Å². The van der Waals surface area contributed by atoms with Gasteiger partial charge in [0.1, 0.15) is 0 Å². The van der Waals surface area contributed by atoms with E-state index in [1.807, 2.05) is 20.8 Å². The normalized spacial score (nSPS) is 12.4. The third-order valence-electron chi connectivity index (χ3n) is 2.47. The Hall–Kier alpha value is -2.44. The maximum Gasteiger partial charge on any atom is 0.338 e. The Morgan fingerprint density at radius 3 is 2.19 bits per heavy atom. The molecule has 1 aromatic rings.